The maximum atomic E-state index is 12.8. The van der Waals surface area contributed by atoms with Gasteiger partial charge in [-0.3, -0.25) is 30.6 Å². The number of ether oxygens (including phenoxy) is 1. The van der Waals surface area contributed by atoms with Crippen molar-refractivity contribution < 1.29 is 19.1 Å². The van der Waals surface area contributed by atoms with E-state index in [1.807, 2.05) is 60.7 Å². The quantitative estimate of drug-likeness (QED) is 0.315. The van der Waals surface area contributed by atoms with Crippen LogP contribution in [0.1, 0.15) is 27.9 Å². The van der Waals surface area contributed by atoms with E-state index in [1.165, 1.54) is 0 Å². The van der Waals surface area contributed by atoms with Gasteiger partial charge < -0.3 is 9.64 Å². The minimum absolute atomic E-state index is 0.0668. The lowest BCUT2D eigenvalue weighted by Gasteiger charge is -2.17. The highest BCUT2D eigenvalue weighted by Gasteiger charge is 2.34. The SMILES string of the molecule is O=C(NC(=S)NNC(=O)C1CC(=O)N(Cc2ccccc2)C1)c1ccccc1OCCc1ccccc1. The second-order valence-electron chi connectivity index (χ2n) is 8.64. The maximum Gasteiger partial charge on any atom is 0.261 e. The lowest BCUT2D eigenvalue weighted by molar-refractivity contribution is -0.129. The van der Waals surface area contributed by atoms with Crippen LogP contribution in [0.3, 0.4) is 0 Å². The Labute approximate surface area is 221 Å². The number of thiocarbonyl (C=S) groups is 1. The number of likely N-dealkylation sites (tertiary alicyclic amines) is 1. The normalized spacial score (nSPS) is 14.6. The Bertz CT molecular complexity index is 1250. The smallest absolute Gasteiger partial charge is 0.261 e. The summed E-state index contributed by atoms with van der Waals surface area (Å²) in [4.78, 5) is 39.4. The monoisotopic (exact) mass is 516 g/mol. The summed E-state index contributed by atoms with van der Waals surface area (Å²) in [7, 11) is 0. The number of hydrazine groups is 1. The maximum absolute atomic E-state index is 12.8. The zero-order chi connectivity index (χ0) is 26.0. The Kier molecular flexibility index (Phi) is 8.83. The first-order valence-electron chi connectivity index (χ1n) is 12.0. The average Bonchev–Trinajstić information content (AvgIpc) is 3.28. The number of para-hydroxylation sites is 1. The molecule has 1 saturated heterocycles. The van der Waals surface area contributed by atoms with Crippen LogP contribution in [0.4, 0.5) is 0 Å². The molecule has 37 heavy (non-hydrogen) atoms. The summed E-state index contributed by atoms with van der Waals surface area (Å²) >= 11 is 5.18. The van der Waals surface area contributed by atoms with E-state index in [-0.39, 0.29) is 23.3 Å². The summed E-state index contributed by atoms with van der Waals surface area (Å²) in [5.41, 5.74) is 7.51. The first kappa shape index (κ1) is 25.8. The van der Waals surface area contributed by atoms with Crippen LogP contribution in [0.2, 0.25) is 0 Å². The van der Waals surface area contributed by atoms with Gasteiger partial charge in [0.25, 0.3) is 5.91 Å². The molecule has 3 N–H and O–H groups in total. The van der Waals surface area contributed by atoms with Gasteiger partial charge in [-0.15, -0.1) is 0 Å². The summed E-state index contributed by atoms with van der Waals surface area (Å²) < 4.78 is 5.84. The second kappa shape index (κ2) is 12.6. The molecule has 1 unspecified atom stereocenters. The Morgan fingerprint density at radius 3 is 2.27 bits per heavy atom. The van der Waals surface area contributed by atoms with Gasteiger partial charge in [-0.2, -0.15) is 0 Å². The lowest BCUT2D eigenvalue weighted by atomic mass is 10.1. The fourth-order valence-corrected chi connectivity index (χ4v) is 4.17. The van der Waals surface area contributed by atoms with Crippen molar-refractivity contribution in [1.29, 1.82) is 0 Å². The summed E-state index contributed by atoms with van der Waals surface area (Å²) in [6.07, 6.45) is 0.822. The molecule has 1 aliphatic rings. The molecule has 190 valence electrons. The van der Waals surface area contributed by atoms with E-state index < -0.39 is 11.8 Å². The van der Waals surface area contributed by atoms with E-state index in [1.54, 1.807) is 29.2 Å². The summed E-state index contributed by atoms with van der Waals surface area (Å²) in [5.74, 6) is -0.993. The predicted octanol–water partition coefficient (Wildman–Crippen LogP) is 2.99. The van der Waals surface area contributed by atoms with Crippen LogP contribution < -0.4 is 20.9 Å². The number of hydrogen-bond donors (Lipinski definition) is 3. The van der Waals surface area contributed by atoms with Crippen molar-refractivity contribution >= 4 is 35.1 Å². The molecule has 1 aliphatic heterocycles. The van der Waals surface area contributed by atoms with Crippen LogP contribution in [-0.4, -0.2) is 40.9 Å². The highest BCUT2D eigenvalue weighted by atomic mass is 32.1. The third-order valence-electron chi connectivity index (χ3n) is 5.95. The van der Waals surface area contributed by atoms with E-state index in [0.717, 1.165) is 11.1 Å². The number of rotatable bonds is 8. The molecule has 1 fully saturated rings. The zero-order valence-electron chi connectivity index (χ0n) is 20.2. The molecule has 8 nitrogen and oxygen atoms in total. The van der Waals surface area contributed by atoms with E-state index in [2.05, 4.69) is 16.2 Å². The molecule has 3 aromatic rings. The third kappa shape index (κ3) is 7.37. The number of benzene rings is 3. The topological polar surface area (TPSA) is 99.8 Å². The Morgan fingerprint density at radius 1 is 0.892 bits per heavy atom. The van der Waals surface area contributed by atoms with E-state index in [4.69, 9.17) is 17.0 Å². The van der Waals surface area contributed by atoms with Crippen LogP contribution in [0.15, 0.2) is 84.9 Å². The molecule has 0 saturated carbocycles. The third-order valence-corrected chi connectivity index (χ3v) is 6.15. The van der Waals surface area contributed by atoms with Crippen molar-refractivity contribution in [3.05, 3.63) is 102 Å². The largest absolute Gasteiger partial charge is 0.492 e. The van der Waals surface area contributed by atoms with Crippen molar-refractivity contribution in [2.45, 2.75) is 19.4 Å². The summed E-state index contributed by atoms with van der Waals surface area (Å²) in [6, 6.07) is 26.4. The first-order valence-corrected chi connectivity index (χ1v) is 12.4. The zero-order valence-corrected chi connectivity index (χ0v) is 21.0. The fraction of sp³-hybridized carbons (Fsp3) is 0.214. The van der Waals surface area contributed by atoms with E-state index in [9.17, 15) is 14.4 Å². The van der Waals surface area contributed by atoms with Gasteiger partial charge in [-0.25, -0.2) is 0 Å². The molecule has 0 spiro atoms. The minimum Gasteiger partial charge on any atom is -0.492 e. The number of nitrogens with one attached hydrogen (secondary N) is 3. The van der Waals surface area contributed by atoms with Gasteiger partial charge in [0.05, 0.1) is 18.1 Å². The highest BCUT2D eigenvalue weighted by molar-refractivity contribution is 7.80. The lowest BCUT2D eigenvalue weighted by Crippen LogP contribution is -2.50. The van der Waals surface area contributed by atoms with Crippen molar-refractivity contribution in [1.82, 2.24) is 21.1 Å². The number of nitrogens with zero attached hydrogens (tertiary/aromatic N) is 1. The number of amides is 3. The standard InChI is InChI=1S/C28H28N4O4S/c33-25-17-22(19-32(25)18-21-11-5-2-6-12-21)26(34)30-31-28(37)29-27(35)23-13-7-8-14-24(23)36-16-15-20-9-3-1-4-10-20/h1-14,22H,15-19H2,(H,30,34)(H2,29,31,35,37). The molecule has 4 rings (SSSR count). The van der Waals surface area contributed by atoms with Crippen LogP contribution in [-0.2, 0) is 22.6 Å². The molecule has 3 amide bonds. The van der Waals surface area contributed by atoms with E-state index in [0.29, 0.717) is 37.4 Å². The number of carbonyl (C=O) groups is 3. The van der Waals surface area contributed by atoms with Gasteiger partial charge in [-0.05, 0) is 35.5 Å². The van der Waals surface area contributed by atoms with Gasteiger partial charge in [-0.1, -0.05) is 72.8 Å². The molecule has 0 bridgehead atoms. The summed E-state index contributed by atoms with van der Waals surface area (Å²) in [6.45, 7) is 1.18. The molecular weight excluding hydrogens is 488 g/mol. The highest BCUT2D eigenvalue weighted by Crippen LogP contribution is 2.20. The average molecular weight is 517 g/mol. The molecular formula is C28H28N4O4S. The molecule has 1 atom stereocenters. The Morgan fingerprint density at radius 2 is 1.54 bits per heavy atom. The van der Waals surface area contributed by atoms with Crippen LogP contribution >= 0.6 is 12.2 Å². The molecule has 3 aromatic carbocycles. The number of hydrogen-bond acceptors (Lipinski definition) is 5. The minimum atomic E-state index is -0.513. The Hall–Kier alpha value is -4.24. The van der Waals surface area contributed by atoms with Gasteiger partial charge >= 0.3 is 0 Å². The van der Waals surface area contributed by atoms with Crippen LogP contribution in [0.25, 0.3) is 0 Å². The van der Waals surface area contributed by atoms with Gasteiger partial charge in [0.2, 0.25) is 11.8 Å². The van der Waals surface area contributed by atoms with Crippen LogP contribution in [0.5, 0.6) is 5.75 Å². The van der Waals surface area contributed by atoms with Crippen molar-refractivity contribution in [2.24, 2.45) is 5.92 Å². The van der Waals surface area contributed by atoms with Gasteiger partial charge in [0, 0.05) is 25.9 Å². The van der Waals surface area contributed by atoms with E-state index >= 15 is 0 Å². The fourth-order valence-electron chi connectivity index (χ4n) is 4.03. The van der Waals surface area contributed by atoms with Crippen molar-refractivity contribution in [3.8, 4) is 5.75 Å². The molecule has 9 heteroatoms. The Balaban J connectivity index is 1.23. The van der Waals surface area contributed by atoms with Crippen LogP contribution in [0, 0.1) is 5.92 Å². The summed E-state index contributed by atoms with van der Waals surface area (Å²) in [5, 5.41) is 2.48. The molecule has 0 aromatic heterocycles. The van der Waals surface area contributed by atoms with Crippen molar-refractivity contribution in [3.63, 3.8) is 0 Å². The van der Waals surface area contributed by atoms with Crippen molar-refractivity contribution in [2.75, 3.05) is 13.2 Å². The predicted molar refractivity (Wildman–Crippen MR) is 143 cm³/mol. The first-order chi connectivity index (χ1) is 18.0. The molecule has 0 aliphatic carbocycles. The molecule has 1 heterocycles. The van der Waals surface area contributed by atoms with Gasteiger partial charge in [0.15, 0.2) is 5.11 Å². The van der Waals surface area contributed by atoms with Gasteiger partial charge in [0.1, 0.15) is 5.75 Å². The second-order valence-corrected chi connectivity index (χ2v) is 9.05. The molecule has 0 radical (unpaired) electrons. The number of carbonyl (C=O) groups excluding carboxylic acids is 3.